The Bertz CT molecular complexity index is 569. The van der Waals surface area contributed by atoms with Crippen LogP contribution in [0.1, 0.15) is 103 Å². The molecule has 2 atom stereocenters. The fraction of sp³-hybridized carbons (Fsp3) is 0.963. The van der Waals surface area contributed by atoms with E-state index in [1.54, 1.807) is 0 Å². The lowest BCUT2D eigenvalue weighted by Gasteiger charge is -2.28. The highest BCUT2D eigenvalue weighted by Gasteiger charge is 2.16. The quantitative estimate of drug-likeness (QED) is 0.0757. The number of phosphoric acid groups is 1. The normalized spacial score (nSPS) is 14.6. The third-order valence-electron chi connectivity index (χ3n) is 6.12. The van der Waals surface area contributed by atoms with E-state index in [2.05, 4.69) is 6.92 Å². The number of carbonyl (C=O) groups is 1. The minimum absolute atomic E-state index is 0.0820. The third-order valence-corrected chi connectivity index (χ3v) is 7.08. The first-order valence-electron chi connectivity index (χ1n) is 14.1. The summed E-state index contributed by atoms with van der Waals surface area (Å²) in [7, 11) is 3.06. The molecular weight excluding hydrogens is 481 g/mol. The van der Waals surface area contributed by atoms with Gasteiger partial charge < -0.3 is 27.9 Å². The number of nitrogens with zero attached hydrogens (tertiary/aromatic N) is 1. The predicted molar refractivity (Wildman–Crippen MR) is 144 cm³/mol. The van der Waals surface area contributed by atoms with E-state index in [1.807, 2.05) is 21.1 Å². The van der Waals surface area contributed by atoms with Gasteiger partial charge >= 0.3 is 0 Å². The van der Waals surface area contributed by atoms with Gasteiger partial charge in [0.2, 0.25) is 0 Å². The van der Waals surface area contributed by atoms with E-state index in [4.69, 9.17) is 18.5 Å². The Kier molecular flexibility index (Phi) is 22.4. The first-order chi connectivity index (χ1) is 17.1. The zero-order valence-corrected chi connectivity index (χ0v) is 24.9. The molecule has 8 nitrogen and oxygen atoms in total. The summed E-state index contributed by atoms with van der Waals surface area (Å²) in [4.78, 5) is 23.7. The van der Waals surface area contributed by atoms with Crippen molar-refractivity contribution in [2.24, 2.45) is 0 Å². The molecule has 0 aromatic carbocycles. The Balaban J connectivity index is 3.55. The van der Waals surface area contributed by atoms with Crippen molar-refractivity contribution >= 4 is 13.6 Å². The molecule has 0 heterocycles. The summed E-state index contributed by atoms with van der Waals surface area (Å²) in [6.07, 6.45) is 16.3. The summed E-state index contributed by atoms with van der Waals surface area (Å²) in [5, 5.41) is 0. The number of Topliss-reactive ketones (excluding diaryl/α,β-unsaturated/α-hetero) is 1. The van der Waals surface area contributed by atoms with Gasteiger partial charge in [0.25, 0.3) is 7.82 Å². The van der Waals surface area contributed by atoms with Gasteiger partial charge in [-0.05, 0) is 19.3 Å². The Hall–Kier alpha value is -0.340. The number of phosphoric ester groups is 1. The molecule has 2 unspecified atom stereocenters. The van der Waals surface area contributed by atoms with Crippen molar-refractivity contribution in [1.29, 1.82) is 0 Å². The van der Waals surface area contributed by atoms with Crippen LogP contribution in [0.15, 0.2) is 0 Å². The molecule has 0 aromatic rings. The Morgan fingerprint density at radius 2 is 1.31 bits per heavy atom. The van der Waals surface area contributed by atoms with Gasteiger partial charge in [0.1, 0.15) is 25.0 Å². The molecule has 0 aliphatic carbocycles. The number of unbranched alkanes of at least 4 members (excludes halogenated alkanes) is 11. The molecule has 0 aliphatic rings. The van der Waals surface area contributed by atoms with Crippen molar-refractivity contribution in [2.75, 3.05) is 61.2 Å². The van der Waals surface area contributed by atoms with Crippen LogP contribution in [0.4, 0.5) is 0 Å². The van der Waals surface area contributed by atoms with E-state index in [-0.39, 0.29) is 19.8 Å². The monoisotopic (exact) mass is 537 g/mol. The summed E-state index contributed by atoms with van der Waals surface area (Å²) in [6.45, 7) is 3.64. The van der Waals surface area contributed by atoms with Crippen LogP contribution >= 0.6 is 7.82 Å². The highest BCUT2D eigenvalue weighted by atomic mass is 31.2. The van der Waals surface area contributed by atoms with Crippen LogP contribution in [-0.2, 0) is 27.9 Å². The van der Waals surface area contributed by atoms with Crippen molar-refractivity contribution in [2.45, 2.75) is 109 Å². The summed E-state index contributed by atoms with van der Waals surface area (Å²) >= 11 is 0. The number of hydrogen-bond acceptors (Lipinski definition) is 7. The van der Waals surface area contributed by atoms with E-state index >= 15 is 0 Å². The lowest BCUT2D eigenvalue weighted by Crippen LogP contribution is -2.37. The van der Waals surface area contributed by atoms with Gasteiger partial charge in [-0.1, -0.05) is 71.1 Å². The van der Waals surface area contributed by atoms with E-state index in [1.165, 1.54) is 64.9 Å². The van der Waals surface area contributed by atoms with Crippen LogP contribution in [0.2, 0.25) is 0 Å². The summed E-state index contributed by atoms with van der Waals surface area (Å²) < 4.78 is 33.2. The van der Waals surface area contributed by atoms with E-state index in [0.29, 0.717) is 23.4 Å². The second-order valence-electron chi connectivity index (χ2n) is 10.8. The van der Waals surface area contributed by atoms with Crippen molar-refractivity contribution in [3.8, 4) is 0 Å². The van der Waals surface area contributed by atoms with Gasteiger partial charge in [-0.3, -0.25) is 9.36 Å². The molecule has 0 bridgehead atoms. The average Bonchev–Trinajstić information content (AvgIpc) is 2.80. The molecule has 0 radical (unpaired) electrons. The minimum atomic E-state index is -4.34. The minimum Gasteiger partial charge on any atom is -0.756 e. The SMILES string of the molecule is CCCCCCC(=O)CCCCCCCCCCCOCC(COP(=O)([O-])OCC[N+](C)(C)C)OC. The van der Waals surface area contributed by atoms with Crippen molar-refractivity contribution < 1.29 is 37.3 Å². The number of rotatable bonds is 27. The number of ether oxygens (including phenoxy) is 2. The molecule has 0 aliphatic heterocycles. The molecule has 0 amide bonds. The van der Waals surface area contributed by atoms with Crippen molar-refractivity contribution in [1.82, 2.24) is 0 Å². The Morgan fingerprint density at radius 1 is 0.778 bits per heavy atom. The van der Waals surface area contributed by atoms with Gasteiger partial charge in [-0.15, -0.1) is 0 Å². The second kappa shape index (κ2) is 22.6. The topological polar surface area (TPSA) is 94.1 Å². The van der Waals surface area contributed by atoms with Gasteiger partial charge in [0.05, 0.1) is 34.4 Å². The molecule has 0 saturated carbocycles. The largest absolute Gasteiger partial charge is 0.756 e. The molecular formula is C27H56NO7P. The lowest BCUT2D eigenvalue weighted by atomic mass is 10.0. The Labute approximate surface area is 221 Å². The highest BCUT2D eigenvalue weighted by molar-refractivity contribution is 7.45. The number of hydrogen-bond donors (Lipinski definition) is 0. The number of ketones is 1. The number of methoxy groups -OCH3 is 1. The first-order valence-corrected chi connectivity index (χ1v) is 15.6. The standard InChI is InChI=1S/C27H56NO7P/c1-6-7-8-16-19-26(29)20-17-14-12-10-9-11-13-15-18-22-33-24-27(32-5)25-35-36(30,31)34-23-21-28(2,3)4/h27H,6-25H2,1-5H3. The molecule has 0 N–H and O–H groups in total. The highest BCUT2D eigenvalue weighted by Crippen LogP contribution is 2.38. The average molecular weight is 538 g/mol. The predicted octanol–water partition coefficient (Wildman–Crippen LogP) is 5.67. The maximum absolute atomic E-state index is 11.9. The van der Waals surface area contributed by atoms with Crippen molar-refractivity contribution in [3.05, 3.63) is 0 Å². The van der Waals surface area contributed by atoms with Crippen LogP contribution in [0, 0.1) is 0 Å². The van der Waals surface area contributed by atoms with Crippen LogP contribution in [0.3, 0.4) is 0 Å². The van der Waals surface area contributed by atoms with Gasteiger partial charge in [-0.2, -0.15) is 0 Å². The molecule has 0 aromatic heterocycles. The molecule has 0 rings (SSSR count). The van der Waals surface area contributed by atoms with E-state index in [0.717, 1.165) is 38.5 Å². The number of carbonyl (C=O) groups excluding carboxylic acids is 1. The summed E-state index contributed by atoms with van der Waals surface area (Å²) in [5.74, 6) is 0.447. The molecule has 0 fully saturated rings. The summed E-state index contributed by atoms with van der Waals surface area (Å²) in [6, 6.07) is 0. The fourth-order valence-corrected chi connectivity index (χ4v) is 4.40. The molecule has 0 saturated heterocycles. The van der Waals surface area contributed by atoms with Crippen LogP contribution < -0.4 is 4.89 Å². The zero-order valence-electron chi connectivity index (χ0n) is 24.0. The Morgan fingerprint density at radius 3 is 1.83 bits per heavy atom. The second-order valence-corrected chi connectivity index (χ2v) is 12.2. The third kappa shape index (κ3) is 25.3. The van der Waals surface area contributed by atoms with E-state index < -0.39 is 13.9 Å². The first kappa shape index (κ1) is 35.7. The van der Waals surface area contributed by atoms with Crippen LogP contribution in [0.25, 0.3) is 0 Å². The maximum atomic E-state index is 11.9. The van der Waals surface area contributed by atoms with Gasteiger partial charge in [0, 0.05) is 26.6 Å². The molecule has 0 spiro atoms. The number of quaternary nitrogens is 1. The lowest BCUT2D eigenvalue weighted by molar-refractivity contribution is -0.870. The van der Waals surface area contributed by atoms with E-state index in [9.17, 15) is 14.3 Å². The molecule has 36 heavy (non-hydrogen) atoms. The van der Waals surface area contributed by atoms with Gasteiger partial charge in [0.15, 0.2) is 0 Å². The molecule has 216 valence electrons. The van der Waals surface area contributed by atoms with Crippen LogP contribution in [-0.4, -0.2) is 77.6 Å². The zero-order chi connectivity index (χ0) is 27.1. The summed E-state index contributed by atoms with van der Waals surface area (Å²) in [5.41, 5.74) is 0. The fourth-order valence-electron chi connectivity index (χ4n) is 3.67. The number of likely N-dealkylation sites (N-methyl/N-ethyl adjacent to an activating group) is 1. The van der Waals surface area contributed by atoms with Crippen molar-refractivity contribution in [3.63, 3.8) is 0 Å². The van der Waals surface area contributed by atoms with Gasteiger partial charge in [-0.25, -0.2) is 0 Å². The maximum Gasteiger partial charge on any atom is 0.268 e. The molecule has 9 heteroatoms. The van der Waals surface area contributed by atoms with Crippen LogP contribution in [0.5, 0.6) is 0 Å². The smallest absolute Gasteiger partial charge is 0.268 e.